The maximum Gasteiger partial charge on any atom is 0.319 e. The molecular weight excluding hydrogens is 461 g/mol. The van der Waals surface area contributed by atoms with Crippen molar-refractivity contribution in [3.05, 3.63) is 75.5 Å². The Morgan fingerprint density at radius 2 is 1.85 bits per heavy atom. The number of tetrazole rings is 1. The summed E-state index contributed by atoms with van der Waals surface area (Å²) >= 11 is 12.8. The largest absolute Gasteiger partial charge is 0.465 e. The second-order valence-corrected chi connectivity index (χ2v) is 9.07. The van der Waals surface area contributed by atoms with Gasteiger partial charge in [-0.25, -0.2) is 4.68 Å². The van der Waals surface area contributed by atoms with Crippen LogP contribution in [-0.2, 0) is 15.1 Å². The minimum atomic E-state index is -0.541. The van der Waals surface area contributed by atoms with Crippen LogP contribution in [0.2, 0.25) is 10.0 Å². The number of hydrogen-bond acceptors (Lipinski definition) is 6. The van der Waals surface area contributed by atoms with Gasteiger partial charge in [0.05, 0.1) is 18.7 Å². The number of nitrogens with one attached hydrogen (secondary N) is 1. The van der Waals surface area contributed by atoms with Crippen LogP contribution in [0.25, 0.3) is 0 Å². The maximum absolute atomic E-state index is 12.2. The summed E-state index contributed by atoms with van der Waals surface area (Å²) in [6.45, 7) is 2.24. The molecule has 1 aromatic heterocycles. The average Bonchev–Trinajstić information content (AvgIpc) is 3.31. The minimum Gasteiger partial charge on any atom is -0.465 e. The lowest BCUT2D eigenvalue weighted by Gasteiger charge is -2.37. The molecule has 0 bridgehead atoms. The zero-order chi connectivity index (χ0) is 23.3. The molecule has 1 fully saturated rings. The first-order chi connectivity index (χ1) is 16.0. The molecule has 1 aliphatic rings. The molecule has 1 atom stereocenters. The standard InChI is InChI=1S/C24H27Cl2N5O2/c1-2-33-21(32)16-27-24(14-6-3-7-15-24)23-28-29-30-31(23)22(17-10-12-18(25)13-11-17)19-8-4-5-9-20(19)26/h4-5,8-13,22,27H,2-3,6-7,14-16H2,1H3/t22-/m0/s1. The number of benzene rings is 2. The number of esters is 1. The number of nitrogens with zero attached hydrogens (tertiary/aromatic N) is 4. The topological polar surface area (TPSA) is 81.9 Å². The highest BCUT2D eigenvalue weighted by Crippen LogP contribution is 2.39. The lowest BCUT2D eigenvalue weighted by atomic mass is 9.80. The summed E-state index contributed by atoms with van der Waals surface area (Å²) in [7, 11) is 0. The third-order valence-electron chi connectivity index (χ3n) is 6.13. The van der Waals surface area contributed by atoms with E-state index in [-0.39, 0.29) is 18.6 Å². The van der Waals surface area contributed by atoms with Crippen LogP contribution in [0.3, 0.4) is 0 Å². The van der Waals surface area contributed by atoms with E-state index in [0.29, 0.717) is 22.5 Å². The fourth-order valence-corrected chi connectivity index (χ4v) is 4.93. The van der Waals surface area contributed by atoms with Gasteiger partial charge in [0.15, 0.2) is 5.82 Å². The van der Waals surface area contributed by atoms with Crippen LogP contribution in [0.1, 0.15) is 62.0 Å². The summed E-state index contributed by atoms with van der Waals surface area (Å²) in [4.78, 5) is 12.2. The van der Waals surface area contributed by atoms with Crippen molar-refractivity contribution in [2.24, 2.45) is 0 Å². The molecule has 1 N–H and O–H groups in total. The summed E-state index contributed by atoms with van der Waals surface area (Å²) in [5, 5.41) is 17.7. The van der Waals surface area contributed by atoms with Crippen LogP contribution in [0.5, 0.6) is 0 Å². The van der Waals surface area contributed by atoms with Gasteiger partial charge in [-0.3, -0.25) is 10.1 Å². The van der Waals surface area contributed by atoms with Gasteiger partial charge in [0.25, 0.3) is 0 Å². The van der Waals surface area contributed by atoms with E-state index in [2.05, 4.69) is 20.8 Å². The van der Waals surface area contributed by atoms with Gasteiger partial charge in [-0.05, 0) is 59.5 Å². The van der Waals surface area contributed by atoms with E-state index in [4.69, 9.17) is 27.9 Å². The van der Waals surface area contributed by atoms with E-state index in [1.54, 1.807) is 6.92 Å². The molecule has 1 saturated carbocycles. The Kier molecular flexibility index (Phi) is 7.63. The third kappa shape index (κ3) is 5.21. The van der Waals surface area contributed by atoms with E-state index in [1.165, 1.54) is 0 Å². The van der Waals surface area contributed by atoms with Gasteiger partial charge in [0, 0.05) is 10.0 Å². The van der Waals surface area contributed by atoms with Crippen molar-refractivity contribution in [2.75, 3.05) is 13.2 Å². The molecule has 1 heterocycles. The van der Waals surface area contributed by atoms with Crippen LogP contribution in [0.15, 0.2) is 48.5 Å². The van der Waals surface area contributed by atoms with Crippen LogP contribution in [-0.4, -0.2) is 39.3 Å². The third-order valence-corrected chi connectivity index (χ3v) is 6.73. The Morgan fingerprint density at radius 1 is 1.12 bits per heavy atom. The first kappa shape index (κ1) is 23.7. The molecule has 33 heavy (non-hydrogen) atoms. The van der Waals surface area contributed by atoms with Crippen molar-refractivity contribution >= 4 is 29.2 Å². The molecule has 1 aliphatic carbocycles. The minimum absolute atomic E-state index is 0.0956. The second kappa shape index (κ2) is 10.6. The van der Waals surface area contributed by atoms with E-state index >= 15 is 0 Å². The number of ether oxygens (including phenoxy) is 1. The molecule has 0 unspecified atom stereocenters. The van der Waals surface area contributed by atoms with Crippen molar-refractivity contribution in [3.8, 4) is 0 Å². The Hall–Kier alpha value is -2.48. The van der Waals surface area contributed by atoms with Gasteiger partial charge in [-0.2, -0.15) is 0 Å². The average molecular weight is 488 g/mol. The molecule has 9 heteroatoms. The molecule has 174 valence electrons. The molecular formula is C24H27Cl2N5O2. The van der Waals surface area contributed by atoms with Crippen molar-refractivity contribution in [1.82, 2.24) is 25.5 Å². The molecule has 0 amide bonds. The summed E-state index contributed by atoms with van der Waals surface area (Å²) in [6, 6.07) is 14.9. The fraction of sp³-hybridized carbons (Fsp3) is 0.417. The van der Waals surface area contributed by atoms with Gasteiger partial charge < -0.3 is 4.74 Å². The zero-order valence-corrected chi connectivity index (χ0v) is 20.0. The summed E-state index contributed by atoms with van der Waals surface area (Å²) in [5.41, 5.74) is 1.30. The van der Waals surface area contributed by atoms with Crippen LogP contribution in [0.4, 0.5) is 0 Å². The smallest absolute Gasteiger partial charge is 0.319 e. The molecule has 0 saturated heterocycles. The molecule has 0 radical (unpaired) electrons. The number of hydrogen-bond donors (Lipinski definition) is 1. The van der Waals surface area contributed by atoms with Crippen LogP contribution in [0, 0.1) is 0 Å². The number of carbonyl (C=O) groups is 1. The Bertz CT molecular complexity index is 1080. The van der Waals surface area contributed by atoms with Gasteiger partial charge in [-0.1, -0.05) is 72.8 Å². The van der Waals surface area contributed by atoms with E-state index in [9.17, 15) is 4.79 Å². The van der Waals surface area contributed by atoms with Gasteiger partial charge in [-0.15, -0.1) is 5.10 Å². The van der Waals surface area contributed by atoms with Gasteiger partial charge in [0.1, 0.15) is 6.04 Å². The quantitative estimate of drug-likeness (QED) is 0.453. The van der Waals surface area contributed by atoms with Crippen LogP contribution < -0.4 is 5.32 Å². The molecule has 3 aromatic rings. The fourth-order valence-electron chi connectivity index (χ4n) is 4.57. The Balaban J connectivity index is 1.80. The SMILES string of the molecule is CCOC(=O)CNC1(c2nnnn2[C@@H](c2ccc(Cl)cc2)c2ccccc2Cl)CCCCC1. The lowest BCUT2D eigenvalue weighted by molar-refractivity contribution is -0.142. The molecule has 7 nitrogen and oxygen atoms in total. The predicted octanol–water partition coefficient (Wildman–Crippen LogP) is 4.93. The molecule has 4 rings (SSSR count). The van der Waals surface area contributed by atoms with Crippen molar-refractivity contribution in [1.29, 1.82) is 0 Å². The Labute approximate surface area is 203 Å². The van der Waals surface area contributed by atoms with Crippen molar-refractivity contribution < 1.29 is 9.53 Å². The van der Waals surface area contributed by atoms with E-state index < -0.39 is 5.54 Å². The van der Waals surface area contributed by atoms with Crippen molar-refractivity contribution in [2.45, 2.75) is 50.6 Å². The Morgan fingerprint density at radius 3 is 2.55 bits per heavy atom. The van der Waals surface area contributed by atoms with E-state index in [1.807, 2.05) is 53.2 Å². The molecule has 2 aromatic carbocycles. The molecule has 0 spiro atoms. The van der Waals surface area contributed by atoms with Gasteiger partial charge >= 0.3 is 5.97 Å². The second-order valence-electron chi connectivity index (χ2n) is 8.22. The van der Waals surface area contributed by atoms with Crippen molar-refractivity contribution in [3.63, 3.8) is 0 Å². The van der Waals surface area contributed by atoms with Gasteiger partial charge in [0.2, 0.25) is 0 Å². The number of rotatable bonds is 8. The first-order valence-electron chi connectivity index (χ1n) is 11.2. The highest BCUT2D eigenvalue weighted by atomic mass is 35.5. The highest BCUT2D eigenvalue weighted by molar-refractivity contribution is 6.31. The number of halogens is 2. The first-order valence-corrected chi connectivity index (χ1v) is 12.0. The zero-order valence-electron chi connectivity index (χ0n) is 18.5. The molecule has 0 aliphatic heterocycles. The van der Waals surface area contributed by atoms with E-state index in [0.717, 1.165) is 43.2 Å². The monoisotopic (exact) mass is 487 g/mol. The highest BCUT2D eigenvalue weighted by Gasteiger charge is 2.41. The predicted molar refractivity (Wildman–Crippen MR) is 127 cm³/mol. The number of carbonyl (C=O) groups excluding carboxylic acids is 1. The normalized spacial score (nSPS) is 16.3. The summed E-state index contributed by atoms with van der Waals surface area (Å²) in [6.07, 6.45) is 4.81. The maximum atomic E-state index is 12.2. The lowest BCUT2D eigenvalue weighted by Crippen LogP contribution is -2.48. The number of aromatic nitrogens is 4. The summed E-state index contributed by atoms with van der Waals surface area (Å²) in [5.74, 6) is 0.396. The summed E-state index contributed by atoms with van der Waals surface area (Å²) < 4.78 is 6.98. The van der Waals surface area contributed by atoms with Crippen LogP contribution >= 0.6 is 23.2 Å².